The molecule has 5 heteroatoms. The first-order valence-corrected chi connectivity index (χ1v) is 4.34. The van der Waals surface area contributed by atoms with Crippen molar-refractivity contribution in [3.8, 4) is 0 Å². The van der Waals surface area contributed by atoms with Gasteiger partial charge in [-0.3, -0.25) is 5.43 Å². The molecule has 0 radical (unpaired) electrons. The van der Waals surface area contributed by atoms with Crippen molar-refractivity contribution in [2.24, 2.45) is 5.84 Å². The van der Waals surface area contributed by atoms with Crippen LogP contribution in [0.15, 0.2) is 24.3 Å². The standard InChI is InChI=1S/C7H8IN3O/c8-5-3-1-2-4-6(5)10-7(12)11-9/h1-4H,9H2,(H2,10,11,12). The number of benzene rings is 1. The summed E-state index contributed by atoms with van der Waals surface area (Å²) in [6.45, 7) is 0. The van der Waals surface area contributed by atoms with E-state index in [0.29, 0.717) is 0 Å². The lowest BCUT2D eigenvalue weighted by atomic mass is 10.3. The predicted octanol–water partition coefficient (Wildman–Crippen LogP) is 1.29. The Hall–Kier alpha value is -0.820. The molecule has 1 aromatic carbocycles. The first-order valence-electron chi connectivity index (χ1n) is 3.26. The number of amides is 2. The maximum Gasteiger partial charge on any atom is 0.333 e. The van der Waals surface area contributed by atoms with E-state index in [1.165, 1.54) is 0 Å². The monoisotopic (exact) mass is 277 g/mol. The van der Waals surface area contributed by atoms with Crippen LogP contribution >= 0.6 is 22.6 Å². The molecule has 12 heavy (non-hydrogen) atoms. The first-order chi connectivity index (χ1) is 5.74. The molecule has 4 N–H and O–H groups in total. The third-order valence-electron chi connectivity index (χ3n) is 1.25. The minimum absolute atomic E-state index is 0.417. The third-order valence-corrected chi connectivity index (χ3v) is 2.19. The van der Waals surface area contributed by atoms with Gasteiger partial charge >= 0.3 is 6.03 Å². The molecule has 4 nitrogen and oxygen atoms in total. The van der Waals surface area contributed by atoms with E-state index in [1.807, 2.05) is 23.6 Å². The van der Waals surface area contributed by atoms with E-state index in [9.17, 15) is 4.79 Å². The quantitative estimate of drug-likeness (QED) is 0.313. The second-order valence-electron chi connectivity index (χ2n) is 2.08. The van der Waals surface area contributed by atoms with E-state index in [0.717, 1.165) is 9.26 Å². The van der Waals surface area contributed by atoms with Gasteiger partial charge in [-0.2, -0.15) is 0 Å². The van der Waals surface area contributed by atoms with Gasteiger partial charge in [0.2, 0.25) is 0 Å². The van der Waals surface area contributed by atoms with E-state index in [-0.39, 0.29) is 0 Å². The van der Waals surface area contributed by atoms with Crippen LogP contribution in [0.25, 0.3) is 0 Å². The molecular weight excluding hydrogens is 269 g/mol. The van der Waals surface area contributed by atoms with E-state index in [1.54, 1.807) is 6.07 Å². The summed E-state index contributed by atoms with van der Waals surface area (Å²) in [7, 11) is 0. The molecule has 0 unspecified atom stereocenters. The van der Waals surface area contributed by atoms with Crippen molar-refractivity contribution in [1.82, 2.24) is 5.43 Å². The number of hydrogen-bond acceptors (Lipinski definition) is 2. The largest absolute Gasteiger partial charge is 0.333 e. The van der Waals surface area contributed by atoms with Gasteiger partial charge in [-0.05, 0) is 34.7 Å². The van der Waals surface area contributed by atoms with Gasteiger partial charge in [0, 0.05) is 3.57 Å². The summed E-state index contributed by atoms with van der Waals surface area (Å²) in [6, 6.07) is 7.02. The number of urea groups is 1. The number of para-hydroxylation sites is 1. The lowest BCUT2D eigenvalue weighted by Crippen LogP contribution is -2.34. The van der Waals surface area contributed by atoms with Crippen LogP contribution in [0.1, 0.15) is 0 Å². The van der Waals surface area contributed by atoms with Crippen LogP contribution in [-0.4, -0.2) is 6.03 Å². The number of nitrogens with one attached hydrogen (secondary N) is 2. The molecule has 0 aromatic heterocycles. The molecule has 0 saturated carbocycles. The number of nitrogens with two attached hydrogens (primary N) is 1. The SMILES string of the molecule is NNC(=O)Nc1ccccc1I. The van der Waals surface area contributed by atoms with Crippen molar-refractivity contribution < 1.29 is 4.79 Å². The number of carbonyl (C=O) groups is 1. The minimum atomic E-state index is -0.417. The topological polar surface area (TPSA) is 67.1 Å². The Kier molecular flexibility index (Phi) is 3.30. The minimum Gasteiger partial charge on any atom is -0.306 e. The molecule has 2 amide bonds. The average Bonchev–Trinajstić information content (AvgIpc) is 2.09. The smallest absolute Gasteiger partial charge is 0.306 e. The number of hydrazine groups is 1. The molecule has 0 spiro atoms. The molecule has 1 rings (SSSR count). The van der Waals surface area contributed by atoms with Gasteiger partial charge in [0.05, 0.1) is 5.69 Å². The fourth-order valence-electron chi connectivity index (χ4n) is 0.721. The molecule has 0 fully saturated rings. The highest BCUT2D eigenvalue weighted by Gasteiger charge is 2.00. The highest BCUT2D eigenvalue weighted by Crippen LogP contribution is 2.16. The number of hydrogen-bond donors (Lipinski definition) is 3. The summed E-state index contributed by atoms with van der Waals surface area (Å²) in [5, 5.41) is 2.58. The summed E-state index contributed by atoms with van der Waals surface area (Å²) in [5.74, 6) is 4.91. The number of carbonyl (C=O) groups excluding carboxylic acids is 1. The van der Waals surface area contributed by atoms with Crippen molar-refractivity contribution in [2.75, 3.05) is 5.32 Å². The molecule has 64 valence electrons. The third kappa shape index (κ3) is 2.35. The molecule has 0 aliphatic rings. The number of halogens is 1. The lowest BCUT2D eigenvalue weighted by Gasteiger charge is -2.04. The van der Waals surface area contributed by atoms with Gasteiger partial charge in [0.15, 0.2) is 0 Å². The summed E-state index contributed by atoms with van der Waals surface area (Å²) >= 11 is 2.13. The first kappa shape index (κ1) is 9.27. The molecule has 0 heterocycles. The van der Waals surface area contributed by atoms with Crippen LogP contribution in [0.5, 0.6) is 0 Å². The second kappa shape index (κ2) is 4.27. The fraction of sp³-hybridized carbons (Fsp3) is 0. The Labute approximate surface area is 83.6 Å². The van der Waals surface area contributed by atoms with Crippen LogP contribution in [0, 0.1) is 3.57 Å². The molecule has 0 aliphatic heterocycles. The zero-order valence-electron chi connectivity index (χ0n) is 6.17. The molecule has 0 bridgehead atoms. The average molecular weight is 277 g/mol. The normalized spacial score (nSPS) is 9.17. The highest BCUT2D eigenvalue weighted by atomic mass is 127. The second-order valence-corrected chi connectivity index (χ2v) is 3.24. The molecular formula is C7H8IN3O. The van der Waals surface area contributed by atoms with Gasteiger partial charge < -0.3 is 5.32 Å². The van der Waals surface area contributed by atoms with Crippen LogP contribution in [-0.2, 0) is 0 Å². The van der Waals surface area contributed by atoms with Crippen LogP contribution in [0.4, 0.5) is 10.5 Å². The Bertz CT molecular complexity index is 290. The number of anilines is 1. The van der Waals surface area contributed by atoms with Gasteiger partial charge in [-0.15, -0.1) is 0 Å². The summed E-state index contributed by atoms with van der Waals surface area (Å²) in [5.41, 5.74) is 2.74. The maximum absolute atomic E-state index is 10.8. The molecule has 1 aromatic rings. The Morgan fingerprint density at radius 3 is 2.67 bits per heavy atom. The summed E-state index contributed by atoms with van der Waals surface area (Å²) in [4.78, 5) is 10.8. The summed E-state index contributed by atoms with van der Waals surface area (Å²) < 4.78 is 0.971. The zero-order chi connectivity index (χ0) is 8.97. The van der Waals surface area contributed by atoms with E-state index in [2.05, 4.69) is 27.9 Å². The maximum atomic E-state index is 10.8. The predicted molar refractivity (Wildman–Crippen MR) is 55.5 cm³/mol. The van der Waals surface area contributed by atoms with Gasteiger partial charge in [0.1, 0.15) is 0 Å². The molecule has 0 aliphatic carbocycles. The lowest BCUT2D eigenvalue weighted by molar-refractivity contribution is 0.252. The van der Waals surface area contributed by atoms with Crippen molar-refractivity contribution in [1.29, 1.82) is 0 Å². The van der Waals surface area contributed by atoms with Gasteiger partial charge in [-0.1, -0.05) is 12.1 Å². The fourth-order valence-corrected chi connectivity index (χ4v) is 1.24. The summed E-state index contributed by atoms with van der Waals surface area (Å²) in [6.07, 6.45) is 0. The van der Waals surface area contributed by atoms with Crippen molar-refractivity contribution in [3.05, 3.63) is 27.8 Å². The molecule has 0 atom stereocenters. The van der Waals surface area contributed by atoms with Crippen LogP contribution < -0.4 is 16.6 Å². The van der Waals surface area contributed by atoms with Gasteiger partial charge in [-0.25, -0.2) is 10.6 Å². The van der Waals surface area contributed by atoms with Crippen molar-refractivity contribution >= 4 is 34.3 Å². The Balaban J connectivity index is 2.75. The Morgan fingerprint density at radius 1 is 1.42 bits per heavy atom. The van der Waals surface area contributed by atoms with Crippen molar-refractivity contribution in [3.63, 3.8) is 0 Å². The van der Waals surface area contributed by atoms with Gasteiger partial charge in [0.25, 0.3) is 0 Å². The van der Waals surface area contributed by atoms with Crippen LogP contribution in [0.3, 0.4) is 0 Å². The zero-order valence-corrected chi connectivity index (χ0v) is 8.33. The van der Waals surface area contributed by atoms with Crippen molar-refractivity contribution in [2.45, 2.75) is 0 Å². The van der Waals surface area contributed by atoms with E-state index >= 15 is 0 Å². The van der Waals surface area contributed by atoms with E-state index in [4.69, 9.17) is 5.84 Å². The Morgan fingerprint density at radius 2 is 2.08 bits per heavy atom. The number of rotatable bonds is 1. The highest BCUT2D eigenvalue weighted by molar-refractivity contribution is 14.1. The van der Waals surface area contributed by atoms with Crippen LogP contribution in [0.2, 0.25) is 0 Å². The van der Waals surface area contributed by atoms with E-state index < -0.39 is 6.03 Å². The molecule has 0 saturated heterocycles.